The number of aromatic hydroxyl groups is 1. The number of carbonyl (C=O) groups excluding carboxylic acids is 1. The van der Waals surface area contributed by atoms with Crippen molar-refractivity contribution < 1.29 is 19.8 Å². The molecule has 0 radical (unpaired) electrons. The number of hydrogen-bond donors (Lipinski definition) is 2. The summed E-state index contributed by atoms with van der Waals surface area (Å²) in [5, 5.41) is 18.0. The molecule has 0 amide bonds. The third-order valence-corrected chi connectivity index (χ3v) is 1.92. The van der Waals surface area contributed by atoms with Gasteiger partial charge in [-0.05, 0) is 24.6 Å². The number of carbonyl (C=O) groups is 2. The number of benzene rings is 1. The summed E-state index contributed by atoms with van der Waals surface area (Å²) in [6, 6.07) is 2.57. The predicted molar refractivity (Wildman–Crippen MR) is 49.8 cm³/mol. The molecule has 0 aromatic heterocycles. The Hall–Kier alpha value is -1.55. The summed E-state index contributed by atoms with van der Waals surface area (Å²) in [6.45, 7) is 1.53. The van der Waals surface area contributed by atoms with Crippen LogP contribution < -0.4 is 0 Å². The van der Waals surface area contributed by atoms with Crippen LogP contribution in [0.4, 0.5) is 0 Å². The number of phenols is 1. The van der Waals surface area contributed by atoms with Crippen LogP contribution in [0.25, 0.3) is 0 Å². The third kappa shape index (κ3) is 1.85. The molecule has 4 nitrogen and oxygen atoms in total. The molecule has 0 bridgehead atoms. The van der Waals surface area contributed by atoms with Crippen LogP contribution in [0.3, 0.4) is 0 Å². The zero-order valence-corrected chi connectivity index (χ0v) is 8.00. The zero-order valence-electron chi connectivity index (χ0n) is 7.24. The van der Waals surface area contributed by atoms with E-state index in [0.29, 0.717) is 5.56 Å². The largest absolute Gasteiger partial charge is 0.507 e. The highest BCUT2D eigenvalue weighted by atomic mass is 35.5. The Morgan fingerprint density at radius 2 is 1.93 bits per heavy atom. The lowest BCUT2D eigenvalue weighted by atomic mass is 10.1. The summed E-state index contributed by atoms with van der Waals surface area (Å²) >= 11 is 5.61. The van der Waals surface area contributed by atoms with E-state index in [2.05, 4.69) is 0 Å². The SMILES string of the molecule is Cc1cc(Cl)cc(C(=O)C(=O)O)c1O. The van der Waals surface area contributed by atoms with Crippen molar-refractivity contribution in [1.82, 2.24) is 0 Å². The van der Waals surface area contributed by atoms with E-state index in [1.54, 1.807) is 0 Å². The number of Topliss-reactive ketones (excluding diaryl/α,β-unsaturated/α-hetero) is 1. The van der Waals surface area contributed by atoms with Crippen molar-refractivity contribution in [2.45, 2.75) is 6.92 Å². The number of ketones is 1. The summed E-state index contributed by atoms with van der Waals surface area (Å²) in [4.78, 5) is 21.4. The molecular weight excluding hydrogens is 208 g/mol. The summed E-state index contributed by atoms with van der Waals surface area (Å²) in [5.41, 5.74) is 0.0737. The highest BCUT2D eigenvalue weighted by molar-refractivity contribution is 6.41. The monoisotopic (exact) mass is 214 g/mol. The minimum absolute atomic E-state index is 0.213. The lowest BCUT2D eigenvalue weighted by molar-refractivity contribution is -0.131. The van der Waals surface area contributed by atoms with Gasteiger partial charge in [-0.3, -0.25) is 4.79 Å². The number of phenolic OH excluding ortho intramolecular Hbond substituents is 1. The number of hydrogen-bond acceptors (Lipinski definition) is 3. The molecule has 0 aliphatic carbocycles. The van der Waals surface area contributed by atoms with E-state index >= 15 is 0 Å². The molecular formula is C9H7ClO4. The van der Waals surface area contributed by atoms with Gasteiger partial charge >= 0.3 is 5.97 Å². The minimum atomic E-state index is -1.62. The van der Waals surface area contributed by atoms with Crippen molar-refractivity contribution in [3.8, 4) is 5.75 Å². The summed E-state index contributed by atoms with van der Waals surface area (Å²) in [7, 11) is 0. The Kier molecular flexibility index (Phi) is 2.76. The number of carboxylic acid groups (broad SMARTS) is 1. The van der Waals surface area contributed by atoms with Crippen LogP contribution in [0, 0.1) is 6.92 Å². The molecule has 0 spiro atoms. The van der Waals surface area contributed by atoms with E-state index in [4.69, 9.17) is 16.7 Å². The van der Waals surface area contributed by atoms with Crippen LogP contribution >= 0.6 is 11.6 Å². The van der Waals surface area contributed by atoms with E-state index in [1.165, 1.54) is 13.0 Å². The van der Waals surface area contributed by atoms with Gasteiger partial charge in [0.1, 0.15) is 5.75 Å². The van der Waals surface area contributed by atoms with Crippen molar-refractivity contribution in [3.63, 3.8) is 0 Å². The quantitative estimate of drug-likeness (QED) is 0.580. The molecule has 14 heavy (non-hydrogen) atoms. The van der Waals surface area contributed by atoms with E-state index in [9.17, 15) is 14.7 Å². The number of aliphatic carboxylic acids is 1. The molecule has 1 aromatic rings. The first-order chi connectivity index (χ1) is 6.43. The molecule has 5 heteroatoms. The number of rotatable bonds is 2. The molecule has 0 saturated carbocycles. The summed E-state index contributed by atoms with van der Waals surface area (Å²) in [5.74, 6) is -3.14. The van der Waals surface area contributed by atoms with Gasteiger partial charge in [-0.25, -0.2) is 4.79 Å². The van der Waals surface area contributed by atoms with Gasteiger partial charge in [-0.2, -0.15) is 0 Å². The van der Waals surface area contributed by atoms with Crippen molar-refractivity contribution in [2.75, 3.05) is 0 Å². The first-order valence-electron chi connectivity index (χ1n) is 3.70. The Bertz CT molecular complexity index is 412. The van der Waals surface area contributed by atoms with Crippen LogP contribution in [-0.4, -0.2) is 22.0 Å². The minimum Gasteiger partial charge on any atom is -0.507 e. The fourth-order valence-electron chi connectivity index (χ4n) is 1.02. The summed E-state index contributed by atoms with van der Waals surface area (Å²) in [6.07, 6.45) is 0. The second kappa shape index (κ2) is 3.67. The molecule has 1 rings (SSSR count). The van der Waals surface area contributed by atoms with Gasteiger partial charge in [0.05, 0.1) is 5.56 Å². The molecule has 2 N–H and O–H groups in total. The van der Waals surface area contributed by atoms with Gasteiger partial charge in [-0.15, -0.1) is 0 Å². The Labute approximate surface area is 84.7 Å². The van der Waals surface area contributed by atoms with Gasteiger partial charge in [0, 0.05) is 5.02 Å². The number of halogens is 1. The molecule has 0 atom stereocenters. The van der Waals surface area contributed by atoms with Gasteiger partial charge in [0.2, 0.25) is 0 Å². The zero-order chi connectivity index (χ0) is 10.9. The fraction of sp³-hybridized carbons (Fsp3) is 0.111. The lowest BCUT2D eigenvalue weighted by Gasteiger charge is -2.04. The van der Waals surface area contributed by atoms with E-state index in [0.717, 1.165) is 6.07 Å². The van der Waals surface area contributed by atoms with Crippen molar-refractivity contribution in [3.05, 3.63) is 28.3 Å². The highest BCUT2D eigenvalue weighted by Gasteiger charge is 2.20. The van der Waals surface area contributed by atoms with Gasteiger partial charge < -0.3 is 10.2 Å². The first-order valence-corrected chi connectivity index (χ1v) is 4.08. The van der Waals surface area contributed by atoms with Crippen molar-refractivity contribution in [1.29, 1.82) is 0 Å². The standard InChI is InChI=1S/C9H7ClO4/c1-4-2-5(10)3-6(7(4)11)8(12)9(13)14/h2-3,11H,1H3,(H,13,14). The molecule has 0 aliphatic rings. The van der Waals surface area contributed by atoms with E-state index < -0.39 is 11.8 Å². The smallest absolute Gasteiger partial charge is 0.377 e. The maximum absolute atomic E-state index is 11.1. The number of carboxylic acids is 1. The van der Waals surface area contributed by atoms with Crippen LogP contribution in [0.1, 0.15) is 15.9 Å². The molecule has 0 saturated heterocycles. The van der Waals surface area contributed by atoms with Crippen LogP contribution in [-0.2, 0) is 4.79 Å². The van der Waals surface area contributed by atoms with Crippen molar-refractivity contribution >= 4 is 23.4 Å². The lowest BCUT2D eigenvalue weighted by Crippen LogP contribution is -2.13. The molecule has 74 valence electrons. The Morgan fingerprint density at radius 1 is 1.36 bits per heavy atom. The Balaban J connectivity index is 3.34. The average Bonchev–Trinajstić information content (AvgIpc) is 2.09. The fourth-order valence-corrected chi connectivity index (χ4v) is 1.30. The maximum Gasteiger partial charge on any atom is 0.377 e. The highest BCUT2D eigenvalue weighted by Crippen LogP contribution is 2.26. The first kappa shape index (κ1) is 10.5. The molecule has 0 aliphatic heterocycles. The molecule has 0 fully saturated rings. The van der Waals surface area contributed by atoms with E-state index in [1.807, 2.05) is 0 Å². The third-order valence-electron chi connectivity index (χ3n) is 1.70. The van der Waals surface area contributed by atoms with Gasteiger partial charge in [0.15, 0.2) is 0 Å². The topological polar surface area (TPSA) is 74.6 Å². The molecule has 0 heterocycles. The average molecular weight is 215 g/mol. The Morgan fingerprint density at radius 3 is 2.43 bits per heavy atom. The van der Waals surface area contributed by atoms with E-state index in [-0.39, 0.29) is 16.3 Å². The molecule has 1 aromatic carbocycles. The number of aryl methyl sites for hydroxylation is 1. The second-order valence-corrected chi connectivity index (χ2v) is 3.19. The summed E-state index contributed by atoms with van der Waals surface area (Å²) < 4.78 is 0. The maximum atomic E-state index is 11.1. The van der Waals surface area contributed by atoms with Crippen molar-refractivity contribution in [2.24, 2.45) is 0 Å². The predicted octanol–water partition coefficient (Wildman–Crippen LogP) is 1.62. The normalized spacial score (nSPS) is 9.86. The van der Waals surface area contributed by atoms with Crippen LogP contribution in [0.15, 0.2) is 12.1 Å². The molecule has 0 unspecified atom stereocenters. The van der Waals surface area contributed by atoms with Crippen LogP contribution in [0.2, 0.25) is 5.02 Å². The van der Waals surface area contributed by atoms with Gasteiger partial charge in [0.25, 0.3) is 5.78 Å². The van der Waals surface area contributed by atoms with Gasteiger partial charge in [-0.1, -0.05) is 11.6 Å². The van der Waals surface area contributed by atoms with Crippen LogP contribution in [0.5, 0.6) is 5.75 Å². The second-order valence-electron chi connectivity index (χ2n) is 2.75.